The minimum absolute atomic E-state index is 0.493. The maximum atomic E-state index is 10.1. The highest BCUT2D eigenvalue weighted by atomic mass is 16.1. The maximum Gasteiger partial charge on any atom is 0.224 e. The molecule has 0 aromatic rings. The largest absolute Gasteiger partial charge is 0.369 e. The summed E-state index contributed by atoms with van der Waals surface area (Å²) in [6.07, 6.45) is 1.09. The Labute approximate surface area is 47.2 Å². The van der Waals surface area contributed by atoms with Crippen LogP contribution in [0.2, 0.25) is 0 Å². The second-order valence-electron chi connectivity index (χ2n) is 1.48. The number of nitrogens with two attached hydrogens (primary N) is 1. The van der Waals surface area contributed by atoms with Gasteiger partial charge in [-0.25, -0.2) is 4.79 Å². The van der Waals surface area contributed by atoms with E-state index in [-0.39, 0.29) is 0 Å². The van der Waals surface area contributed by atoms with Crippen molar-refractivity contribution in [2.24, 2.45) is 11.7 Å². The maximum absolute atomic E-state index is 10.1. The second kappa shape index (κ2) is 2.99. The number of rotatable bonds is 2. The van der Waals surface area contributed by atoms with Gasteiger partial charge in [-0.1, -0.05) is 0 Å². The average molecular weight is 113 g/mol. The van der Waals surface area contributed by atoms with Crippen LogP contribution in [0.25, 0.3) is 0 Å². The van der Waals surface area contributed by atoms with Crippen molar-refractivity contribution in [3.05, 3.63) is 6.08 Å². The van der Waals surface area contributed by atoms with Gasteiger partial charge >= 0.3 is 0 Å². The molecule has 0 aliphatic carbocycles. The van der Waals surface area contributed by atoms with E-state index in [1.54, 1.807) is 0 Å². The second-order valence-corrected chi connectivity index (χ2v) is 1.48. The summed E-state index contributed by atoms with van der Waals surface area (Å²) in [6, 6.07) is 0. The van der Waals surface area contributed by atoms with Crippen molar-refractivity contribution < 1.29 is 9.59 Å². The van der Waals surface area contributed by atoms with Crippen LogP contribution in [0.1, 0.15) is 6.92 Å². The Bertz CT molecular complexity index is 133. The smallest absolute Gasteiger partial charge is 0.224 e. The van der Waals surface area contributed by atoms with E-state index in [2.05, 4.69) is 0 Å². The molecule has 3 heteroatoms. The van der Waals surface area contributed by atoms with E-state index in [0.29, 0.717) is 0 Å². The van der Waals surface area contributed by atoms with Gasteiger partial charge in [0.1, 0.15) is 5.94 Å². The molecule has 0 spiro atoms. The van der Waals surface area contributed by atoms with Crippen LogP contribution in [-0.2, 0) is 9.59 Å². The number of amides is 1. The Morgan fingerprint density at radius 1 is 1.88 bits per heavy atom. The molecule has 0 aromatic heterocycles. The van der Waals surface area contributed by atoms with Crippen LogP contribution in [0.5, 0.6) is 0 Å². The Kier molecular flexibility index (Phi) is 2.59. The summed E-state index contributed by atoms with van der Waals surface area (Å²) in [7, 11) is 0. The zero-order chi connectivity index (χ0) is 6.57. The van der Waals surface area contributed by atoms with Gasteiger partial charge in [0, 0.05) is 6.08 Å². The van der Waals surface area contributed by atoms with Crippen molar-refractivity contribution in [3.63, 3.8) is 0 Å². The van der Waals surface area contributed by atoms with Gasteiger partial charge < -0.3 is 5.73 Å². The van der Waals surface area contributed by atoms with E-state index in [9.17, 15) is 9.59 Å². The predicted molar refractivity (Wildman–Crippen MR) is 28.6 cm³/mol. The summed E-state index contributed by atoms with van der Waals surface area (Å²) in [5.41, 5.74) is 4.77. The fraction of sp³-hybridized carbons (Fsp3) is 0.400. The third kappa shape index (κ3) is 2.16. The van der Waals surface area contributed by atoms with Crippen LogP contribution in [0.15, 0.2) is 6.08 Å². The first-order valence-corrected chi connectivity index (χ1v) is 2.18. The lowest BCUT2D eigenvalue weighted by Crippen LogP contribution is -2.18. The van der Waals surface area contributed by atoms with Crippen molar-refractivity contribution in [2.75, 3.05) is 0 Å². The molecule has 0 bridgehead atoms. The highest BCUT2D eigenvalue weighted by Gasteiger charge is 2.01. The summed E-state index contributed by atoms with van der Waals surface area (Å²) < 4.78 is 0. The van der Waals surface area contributed by atoms with Crippen molar-refractivity contribution in [1.82, 2.24) is 0 Å². The number of hydrogen-bond acceptors (Lipinski definition) is 2. The Balaban J connectivity index is 3.82. The van der Waals surface area contributed by atoms with Crippen LogP contribution in [0, 0.1) is 5.92 Å². The van der Waals surface area contributed by atoms with Gasteiger partial charge in [-0.15, -0.1) is 0 Å². The molecule has 0 rings (SSSR count). The number of carbonyl (C=O) groups excluding carboxylic acids is 2. The third-order valence-electron chi connectivity index (χ3n) is 0.767. The molecule has 44 valence electrons. The first-order valence-electron chi connectivity index (χ1n) is 2.18. The molecular weight excluding hydrogens is 106 g/mol. The number of hydrogen-bond donors (Lipinski definition) is 1. The summed E-state index contributed by atoms with van der Waals surface area (Å²) >= 11 is 0. The molecule has 0 fully saturated rings. The van der Waals surface area contributed by atoms with Gasteiger partial charge in [0.15, 0.2) is 0 Å². The predicted octanol–water partition coefficient (Wildman–Crippen LogP) is -0.504. The van der Waals surface area contributed by atoms with Gasteiger partial charge in [-0.05, 0) is 6.92 Å². The molecule has 0 aromatic carbocycles. The van der Waals surface area contributed by atoms with E-state index in [1.807, 2.05) is 0 Å². The minimum Gasteiger partial charge on any atom is -0.369 e. The molecule has 0 aliphatic heterocycles. The van der Waals surface area contributed by atoms with E-state index in [4.69, 9.17) is 5.73 Å². The molecule has 1 unspecified atom stereocenters. The first-order chi connectivity index (χ1) is 3.68. The molecule has 0 saturated carbocycles. The Morgan fingerprint density at radius 2 is 2.38 bits per heavy atom. The van der Waals surface area contributed by atoms with E-state index in [0.717, 1.165) is 6.08 Å². The van der Waals surface area contributed by atoms with Crippen LogP contribution < -0.4 is 5.73 Å². The molecule has 0 aliphatic rings. The van der Waals surface area contributed by atoms with E-state index >= 15 is 0 Å². The molecule has 1 atom stereocenters. The lowest BCUT2D eigenvalue weighted by Gasteiger charge is -1.92. The summed E-state index contributed by atoms with van der Waals surface area (Å²) in [4.78, 5) is 19.6. The van der Waals surface area contributed by atoms with Gasteiger partial charge in [0.05, 0.1) is 5.92 Å². The zero-order valence-corrected chi connectivity index (χ0v) is 4.55. The lowest BCUT2D eigenvalue weighted by atomic mass is 10.2. The standard InChI is InChI=1S/C5H7NO2/c1-4(2-3-7)5(6)8/h2,4H,1H3,(H2,6,8). The third-order valence-corrected chi connectivity index (χ3v) is 0.767. The lowest BCUT2D eigenvalue weighted by molar-refractivity contribution is -0.119. The fourth-order valence-corrected chi connectivity index (χ4v) is 0.184. The quantitative estimate of drug-likeness (QED) is 0.490. The molecular formula is C5H7NO2. The molecule has 0 heterocycles. The highest BCUT2D eigenvalue weighted by molar-refractivity contribution is 5.79. The Hall–Kier alpha value is -1.08. The first kappa shape index (κ1) is 6.92. The highest BCUT2D eigenvalue weighted by Crippen LogP contribution is 1.89. The van der Waals surface area contributed by atoms with E-state index in [1.165, 1.54) is 12.9 Å². The van der Waals surface area contributed by atoms with Crippen LogP contribution in [0.3, 0.4) is 0 Å². The molecule has 2 N–H and O–H groups in total. The SMILES string of the molecule is CC(C=C=O)C(N)=O. The van der Waals surface area contributed by atoms with Crippen molar-refractivity contribution in [1.29, 1.82) is 0 Å². The van der Waals surface area contributed by atoms with Gasteiger partial charge in [-0.3, -0.25) is 4.79 Å². The summed E-state index contributed by atoms with van der Waals surface area (Å²) in [5.74, 6) is 0.474. The van der Waals surface area contributed by atoms with Crippen molar-refractivity contribution in [3.8, 4) is 0 Å². The van der Waals surface area contributed by atoms with Crippen LogP contribution >= 0.6 is 0 Å². The van der Waals surface area contributed by atoms with Crippen molar-refractivity contribution in [2.45, 2.75) is 6.92 Å². The fourth-order valence-electron chi connectivity index (χ4n) is 0.184. The molecule has 8 heavy (non-hydrogen) atoms. The Morgan fingerprint density at radius 3 is 2.50 bits per heavy atom. The van der Waals surface area contributed by atoms with Crippen LogP contribution in [0.4, 0.5) is 0 Å². The normalized spacial score (nSPS) is 11.6. The topological polar surface area (TPSA) is 60.2 Å². The zero-order valence-electron chi connectivity index (χ0n) is 4.55. The average Bonchev–Trinajstić information content (AvgIpc) is 1.67. The van der Waals surface area contributed by atoms with Gasteiger partial charge in [0.2, 0.25) is 5.91 Å². The van der Waals surface area contributed by atoms with Gasteiger partial charge in [-0.2, -0.15) is 0 Å². The van der Waals surface area contributed by atoms with Crippen LogP contribution in [-0.4, -0.2) is 11.8 Å². The molecule has 1 amide bonds. The molecule has 3 nitrogen and oxygen atoms in total. The molecule has 0 saturated heterocycles. The van der Waals surface area contributed by atoms with Crippen molar-refractivity contribution >= 4 is 11.8 Å². The molecule has 0 radical (unpaired) electrons. The minimum atomic E-state index is -0.506. The van der Waals surface area contributed by atoms with E-state index < -0.39 is 11.8 Å². The summed E-state index contributed by atoms with van der Waals surface area (Å²) in [5, 5.41) is 0. The monoisotopic (exact) mass is 113 g/mol. The summed E-state index contributed by atoms with van der Waals surface area (Å²) in [6.45, 7) is 1.53. The number of primary amides is 1. The van der Waals surface area contributed by atoms with Gasteiger partial charge in [0.25, 0.3) is 0 Å². The number of carbonyl (C=O) groups is 1.